The van der Waals surface area contributed by atoms with Crippen LogP contribution in [-0.4, -0.2) is 11.8 Å². The van der Waals surface area contributed by atoms with Crippen LogP contribution in [0.4, 0.5) is 0 Å². The van der Waals surface area contributed by atoms with E-state index < -0.39 is 0 Å². The highest BCUT2D eigenvalue weighted by atomic mass is 16.2. The summed E-state index contributed by atoms with van der Waals surface area (Å²) < 4.78 is 0. The molecule has 0 aromatic rings. The van der Waals surface area contributed by atoms with Crippen LogP contribution in [0.25, 0.3) is 0 Å². The molecule has 1 saturated heterocycles. The van der Waals surface area contributed by atoms with E-state index in [4.69, 9.17) is 0 Å². The molecule has 2 amide bonds. The third-order valence-corrected chi connectivity index (χ3v) is 2.54. The van der Waals surface area contributed by atoms with E-state index in [0.29, 0.717) is 0 Å². The molecule has 1 N–H and O–H groups in total. The van der Waals surface area contributed by atoms with Crippen LogP contribution in [0, 0.1) is 11.8 Å². The summed E-state index contributed by atoms with van der Waals surface area (Å²) in [4.78, 5) is 22.3. The Labute approximate surface area is 72.5 Å². The van der Waals surface area contributed by atoms with Crippen LogP contribution < -0.4 is 5.32 Å². The first-order valence-corrected chi connectivity index (χ1v) is 4.53. The molecule has 3 heteroatoms. The molecule has 0 aliphatic carbocycles. The van der Waals surface area contributed by atoms with Crippen molar-refractivity contribution in [3.8, 4) is 0 Å². The van der Waals surface area contributed by atoms with Crippen molar-refractivity contribution >= 4 is 11.8 Å². The van der Waals surface area contributed by atoms with Crippen molar-refractivity contribution in [3.05, 3.63) is 0 Å². The first kappa shape index (κ1) is 9.23. The van der Waals surface area contributed by atoms with Gasteiger partial charge < -0.3 is 0 Å². The molecule has 0 spiro atoms. The van der Waals surface area contributed by atoms with Gasteiger partial charge in [-0.3, -0.25) is 14.9 Å². The molecular formula is C9H15NO2. The van der Waals surface area contributed by atoms with Crippen molar-refractivity contribution in [1.29, 1.82) is 0 Å². The van der Waals surface area contributed by atoms with E-state index in [1.54, 1.807) is 0 Å². The van der Waals surface area contributed by atoms with E-state index in [2.05, 4.69) is 5.32 Å². The van der Waals surface area contributed by atoms with Gasteiger partial charge in [0, 0.05) is 11.8 Å². The number of piperidine rings is 1. The highest BCUT2D eigenvalue weighted by molar-refractivity contribution is 5.99. The summed E-state index contributed by atoms with van der Waals surface area (Å²) in [5.74, 6) is -0.0836. The van der Waals surface area contributed by atoms with Crippen LogP contribution >= 0.6 is 0 Å². The molecule has 0 bridgehead atoms. The van der Waals surface area contributed by atoms with Crippen LogP contribution in [0.1, 0.15) is 33.1 Å². The maximum absolute atomic E-state index is 11.2. The van der Waals surface area contributed by atoms with E-state index in [1.807, 2.05) is 13.8 Å². The Kier molecular flexibility index (Phi) is 2.84. The minimum absolute atomic E-state index is 0.0487. The van der Waals surface area contributed by atoms with Crippen LogP contribution in [0.2, 0.25) is 0 Å². The lowest BCUT2D eigenvalue weighted by atomic mass is 9.86. The standard InChI is InChI=1S/C9H15NO2/c1-3-6-5-7(4-2)9(12)10-8(6)11/h6-7H,3-5H2,1-2H3,(H,10,11,12). The molecule has 0 saturated carbocycles. The van der Waals surface area contributed by atoms with E-state index in [1.165, 1.54) is 0 Å². The van der Waals surface area contributed by atoms with Gasteiger partial charge in [0.05, 0.1) is 0 Å². The van der Waals surface area contributed by atoms with E-state index in [-0.39, 0.29) is 23.7 Å². The lowest BCUT2D eigenvalue weighted by Crippen LogP contribution is -2.45. The van der Waals surface area contributed by atoms with Crippen LogP contribution in [-0.2, 0) is 9.59 Å². The van der Waals surface area contributed by atoms with Crippen molar-refractivity contribution in [1.82, 2.24) is 5.32 Å². The topological polar surface area (TPSA) is 46.2 Å². The Morgan fingerprint density at radius 2 is 1.58 bits per heavy atom. The molecule has 1 heterocycles. The maximum atomic E-state index is 11.2. The second kappa shape index (κ2) is 3.70. The monoisotopic (exact) mass is 169 g/mol. The minimum Gasteiger partial charge on any atom is -0.296 e. The minimum atomic E-state index is -0.0906. The van der Waals surface area contributed by atoms with Crippen molar-refractivity contribution < 1.29 is 9.59 Å². The van der Waals surface area contributed by atoms with E-state index in [9.17, 15) is 9.59 Å². The fourth-order valence-electron chi connectivity index (χ4n) is 1.59. The fourth-order valence-corrected chi connectivity index (χ4v) is 1.59. The average Bonchev–Trinajstić information content (AvgIpc) is 2.05. The Balaban J connectivity index is 2.62. The number of hydrogen-bond donors (Lipinski definition) is 1. The SMILES string of the molecule is CCC1CC(CC)C(=O)NC1=O. The van der Waals surface area contributed by atoms with Crippen molar-refractivity contribution in [3.63, 3.8) is 0 Å². The summed E-state index contributed by atoms with van der Waals surface area (Å²) in [6, 6.07) is 0. The molecule has 2 unspecified atom stereocenters. The zero-order valence-electron chi connectivity index (χ0n) is 7.59. The Hall–Kier alpha value is -0.860. The van der Waals surface area contributed by atoms with Gasteiger partial charge in [0.1, 0.15) is 0 Å². The smallest absolute Gasteiger partial charge is 0.229 e. The number of nitrogens with one attached hydrogen (secondary N) is 1. The van der Waals surface area contributed by atoms with Gasteiger partial charge in [-0.2, -0.15) is 0 Å². The first-order valence-electron chi connectivity index (χ1n) is 4.53. The van der Waals surface area contributed by atoms with Gasteiger partial charge in [-0.25, -0.2) is 0 Å². The summed E-state index contributed by atoms with van der Waals surface area (Å²) in [6.07, 6.45) is 2.39. The molecule has 2 atom stereocenters. The third-order valence-electron chi connectivity index (χ3n) is 2.54. The lowest BCUT2D eigenvalue weighted by Gasteiger charge is -2.25. The maximum Gasteiger partial charge on any atom is 0.229 e. The van der Waals surface area contributed by atoms with Crippen molar-refractivity contribution in [2.75, 3.05) is 0 Å². The Morgan fingerprint density at radius 3 is 1.92 bits per heavy atom. The van der Waals surface area contributed by atoms with Crippen LogP contribution in [0.15, 0.2) is 0 Å². The van der Waals surface area contributed by atoms with Crippen molar-refractivity contribution in [2.24, 2.45) is 11.8 Å². The van der Waals surface area contributed by atoms with Gasteiger partial charge in [-0.1, -0.05) is 13.8 Å². The molecule has 0 radical (unpaired) electrons. The largest absolute Gasteiger partial charge is 0.296 e. The van der Waals surface area contributed by atoms with Gasteiger partial charge in [-0.05, 0) is 19.3 Å². The van der Waals surface area contributed by atoms with Gasteiger partial charge in [0.2, 0.25) is 11.8 Å². The van der Waals surface area contributed by atoms with Gasteiger partial charge >= 0.3 is 0 Å². The predicted octanol–water partition coefficient (Wildman–Crippen LogP) is 1.09. The fraction of sp³-hybridized carbons (Fsp3) is 0.778. The second-order valence-corrected chi connectivity index (χ2v) is 3.30. The number of carbonyl (C=O) groups is 2. The van der Waals surface area contributed by atoms with E-state index >= 15 is 0 Å². The molecule has 0 aromatic heterocycles. The second-order valence-electron chi connectivity index (χ2n) is 3.30. The quantitative estimate of drug-likeness (QED) is 0.629. The normalized spacial score (nSPS) is 30.2. The molecule has 12 heavy (non-hydrogen) atoms. The molecule has 1 aliphatic heterocycles. The number of imide groups is 1. The highest BCUT2D eigenvalue weighted by Crippen LogP contribution is 2.22. The molecular weight excluding hydrogens is 154 g/mol. The predicted molar refractivity (Wildman–Crippen MR) is 45.3 cm³/mol. The molecule has 1 rings (SSSR count). The summed E-state index contributed by atoms with van der Waals surface area (Å²) >= 11 is 0. The van der Waals surface area contributed by atoms with Gasteiger partial charge in [0.15, 0.2) is 0 Å². The summed E-state index contributed by atoms with van der Waals surface area (Å²) in [7, 11) is 0. The Morgan fingerprint density at radius 1 is 1.17 bits per heavy atom. The number of rotatable bonds is 2. The molecule has 1 fully saturated rings. The summed E-state index contributed by atoms with van der Waals surface area (Å²) in [5, 5.41) is 2.40. The number of carbonyl (C=O) groups excluding carboxylic acids is 2. The van der Waals surface area contributed by atoms with Gasteiger partial charge in [0.25, 0.3) is 0 Å². The molecule has 3 nitrogen and oxygen atoms in total. The van der Waals surface area contributed by atoms with Crippen LogP contribution in [0.3, 0.4) is 0 Å². The average molecular weight is 169 g/mol. The number of hydrogen-bond acceptors (Lipinski definition) is 2. The van der Waals surface area contributed by atoms with Gasteiger partial charge in [-0.15, -0.1) is 0 Å². The zero-order valence-corrected chi connectivity index (χ0v) is 7.59. The highest BCUT2D eigenvalue weighted by Gasteiger charge is 2.31. The molecule has 68 valence electrons. The molecule has 0 aromatic carbocycles. The third kappa shape index (κ3) is 1.65. The van der Waals surface area contributed by atoms with Crippen LogP contribution in [0.5, 0.6) is 0 Å². The summed E-state index contributed by atoms with van der Waals surface area (Å²) in [6.45, 7) is 3.96. The Bertz CT molecular complexity index is 181. The van der Waals surface area contributed by atoms with Crippen molar-refractivity contribution in [2.45, 2.75) is 33.1 Å². The lowest BCUT2D eigenvalue weighted by molar-refractivity contribution is -0.139. The molecule has 1 aliphatic rings. The van der Waals surface area contributed by atoms with E-state index in [0.717, 1.165) is 19.3 Å². The number of amides is 2. The summed E-state index contributed by atoms with van der Waals surface area (Å²) in [5.41, 5.74) is 0. The first-order chi connectivity index (χ1) is 5.69. The zero-order chi connectivity index (χ0) is 9.14.